The third-order valence-corrected chi connectivity index (χ3v) is 5.67. The maximum Gasteiger partial charge on any atom is 0.276 e. The molecule has 0 unspecified atom stereocenters. The highest BCUT2D eigenvalue weighted by Gasteiger charge is 2.26. The van der Waals surface area contributed by atoms with Gasteiger partial charge in [0.15, 0.2) is 11.5 Å². The van der Waals surface area contributed by atoms with Crippen molar-refractivity contribution in [3.63, 3.8) is 0 Å². The van der Waals surface area contributed by atoms with E-state index in [1.54, 1.807) is 23.1 Å². The summed E-state index contributed by atoms with van der Waals surface area (Å²) in [5.41, 5.74) is 3.27. The number of aromatic nitrogens is 1. The van der Waals surface area contributed by atoms with E-state index in [4.69, 9.17) is 20.9 Å². The molecule has 1 aliphatic heterocycles. The molecule has 7 heteroatoms. The van der Waals surface area contributed by atoms with Crippen molar-refractivity contribution >= 4 is 23.2 Å². The first-order valence-electron chi connectivity index (χ1n) is 10.4. The largest absolute Gasteiger partial charge is 0.378 e. The quantitative estimate of drug-likeness (QED) is 0.525. The number of halogens is 1. The Morgan fingerprint density at radius 1 is 1.13 bits per heavy atom. The Bertz CT molecular complexity index is 1010. The van der Waals surface area contributed by atoms with Crippen LogP contribution in [0.25, 0.3) is 11.3 Å². The fraction of sp³-hybridized carbons (Fsp3) is 0.333. The van der Waals surface area contributed by atoms with Crippen LogP contribution < -0.4 is 4.90 Å². The van der Waals surface area contributed by atoms with Gasteiger partial charge in [-0.15, -0.1) is 0 Å². The van der Waals surface area contributed by atoms with E-state index in [1.807, 2.05) is 43.3 Å². The lowest BCUT2D eigenvalue weighted by atomic mass is 10.1. The maximum absolute atomic E-state index is 13.3. The molecule has 0 bridgehead atoms. The Morgan fingerprint density at radius 3 is 2.52 bits per heavy atom. The molecule has 0 spiro atoms. The van der Waals surface area contributed by atoms with E-state index >= 15 is 0 Å². The van der Waals surface area contributed by atoms with Crippen molar-refractivity contribution in [3.05, 3.63) is 70.9 Å². The molecule has 1 aromatic heterocycles. The van der Waals surface area contributed by atoms with Crippen LogP contribution in [0, 0.1) is 0 Å². The number of hydrogen-bond donors (Lipinski definition) is 0. The molecule has 2 heterocycles. The van der Waals surface area contributed by atoms with Gasteiger partial charge >= 0.3 is 0 Å². The molecule has 1 fully saturated rings. The zero-order valence-electron chi connectivity index (χ0n) is 17.8. The molecule has 1 atom stereocenters. The summed E-state index contributed by atoms with van der Waals surface area (Å²) in [5.74, 6) is 0.364. The van der Waals surface area contributed by atoms with Gasteiger partial charge in [0.2, 0.25) is 0 Å². The van der Waals surface area contributed by atoms with E-state index in [0.29, 0.717) is 23.9 Å². The van der Waals surface area contributed by atoms with Crippen LogP contribution in [-0.4, -0.2) is 49.3 Å². The highest BCUT2D eigenvalue weighted by molar-refractivity contribution is 6.30. The van der Waals surface area contributed by atoms with Gasteiger partial charge in [-0.2, -0.15) is 0 Å². The molecule has 0 aliphatic carbocycles. The fourth-order valence-corrected chi connectivity index (χ4v) is 3.79. The van der Waals surface area contributed by atoms with Gasteiger partial charge < -0.3 is 19.1 Å². The maximum atomic E-state index is 13.3. The van der Waals surface area contributed by atoms with Crippen molar-refractivity contribution in [1.82, 2.24) is 10.1 Å². The van der Waals surface area contributed by atoms with Gasteiger partial charge in [-0.1, -0.05) is 28.9 Å². The van der Waals surface area contributed by atoms with Crippen molar-refractivity contribution in [3.8, 4) is 11.3 Å². The van der Waals surface area contributed by atoms with Crippen LogP contribution >= 0.6 is 11.6 Å². The van der Waals surface area contributed by atoms with Crippen LogP contribution in [0.2, 0.25) is 5.02 Å². The van der Waals surface area contributed by atoms with Crippen molar-refractivity contribution in [2.75, 3.05) is 32.1 Å². The molecule has 162 valence electrons. The van der Waals surface area contributed by atoms with E-state index in [2.05, 4.69) is 17.3 Å². The number of nitrogens with zero attached hydrogens (tertiary/aromatic N) is 3. The van der Waals surface area contributed by atoms with Crippen molar-refractivity contribution in [1.29, 1.82) is 0 Å². The molecule has 4 rings (SSSR count). The number of carbonyl (C=O) groups excluding carboxylic acids is 1. The Kier molecular flexibility index (Phi) is 6.59. The minimum absolute atomic E-state index is 0.0487. The smallest absolute Gasteiger partial charge is 0.276 e. The summed E-state index contributed by atoms with van der Waals surface area (Å²) in [4.78, 5) is 17.2. The minimum atomic E-state index is -0.170. The molecule has 0 N–H and O–H groups in total. The number of carbonyl (C=O) groups is 1. The molecule has 1 amide bonds. The van der Waals surface area contributed by atoms with E-state index in [9.17, 15) is 4.79 Å². The zero-order chi connectivity index (χ0) is 21.8. The number of amides is 1. The summed E-state index contributed by atoms with van der Waals surface area (Å²) < 4.78 is 11.2. The highest BCUT2D eigenvalue weighted by atomic mass is 35.5. The lowest BCUT2D eigenvalue weighted by Gasteiger charge is -2.25. The number of ether oxygens (including phenoxy) is 1. The molecule has 0 saturated carbocycles. The van der Waals surface area contributed by atoms with Crippen LogP contribution in [0.4, 0.5) is 5.69 Å². The van der Waals surface area contributed by atoms with Crippen molar-refractivity contribution in [2.45, 2.75) is 25.5 Å². The van der Waals surface area contributed by atoms with Gasteiger partial charge in [-0.25, -0.2) is 0 Å². The van der Waals surface area contributed by atoms with Gasteiger partial charge in [-0.3, -0.25) is 4.79 Å². The van der Waals surface area contributed by atoms with Crippen LogP contribution in [-0.2, 0) is 11.3 Å². The van der Waals surface area contributed by atoms with Gasteiger partial charge in [0, 0.05) is 56.1 Å². The topological polar surface area (TPSA) is 58.8 Å². The first-order chi connectivity index (χ1) is 15.0. The van der Waals surface area contributed by atoms with Crippen LogP contribution in [0.15, 0.2) is 59.1 Å². The Morgan fingerprint density at radius 2 is 1.87 bits per heavy atom. The van der Waals surface area contributed by atoms with Crippen LogP contribution in [0.3, 0.4) is 0 Å². The number of anilines is 1. The molecule has 1 aliphatic rings. The lowest BCUT2D eigenvalue weighted by molar-refractivity contribution is 0.0499. The molecule has 6 nitrogen and oxygen atoms in total. The molecule has 0 radical (unpaired) electrons. The monoisotopic (exact) mass is 439 g/mol. The summed E-state index contributed by atoms with van der Waals surface area (Å²) in [7, 11) is 4.01. The third kappa shape index (κ3) is 5.27. The summed E-state index contributed by atoms with van der Waals surface area (Å²) >= 11 is 5.96. The first-order valence-corrected chi connectivity index (χ1v) is 10.8. The average Bonchev–Trinajstić information content (AvgIpc) is 3.46. The zero-order valence-corrected chi connectivity index (χ0v) is 18.5. The van der Waals surface area contributed by atoms with Crippen molar-refractivity contribution < 1.29 is 14.1 Å². The van der Waals surface area contributed by atoms with Gasteiger partial charge in [0.05, 0.1) is 6.10 Å². The molecule has 1 saturated heterocycles. The lowest BCUT2D eigenvalue weighted by Crippen LogP contribution is -2.37. The Hall–Kier alpha value is -2.83. The van der Waals surface area contributed by atoms with E-state index < -0.39 is 0 Å². The summed E-state index contributed by atoms with van der Waals surface area (Å²) in [5, 5.41) is 4.68. The second-order valence-corrected chi connectivity index (χ2v) is 8.40. The average molecular weight is 440 g/mol. The normalized spacial score (nSPS) is 15.8. The fourth-order valence-electron chi connectivity index (χ4n) is 3.66. The van der Waals surface area contributed by atoms with Gasteiger partial charge in [0.1, 0.15) is 0 Å². The third-order valence-electron chi connectivity index (χ3n) is 5.42. The van der Waals surface area contributed by atoms with Crippen LogP contribution in [0.1, 0.15) is 28.9 Å². The predicted molar refractivity (Wildman–Crippen MR) is 121 cm³/mol. The van der Waals surface area contributed by atoms with Gasteiger partial charge in [0.25, 0.3) is 5.91 Å². The SMILES string of the molecule is CN(C)c1ccc(CN(C[C@H]2CCCO2)C(=O)c2cc(-c3ccc(Cl)cc3)on2)cc1. The van der Waals surface area contributed by atoms with E-state index in [-0.39, 0.29) is 17.7 Å². The minimum Gasteiger partial charge on any atom is -0.378 e. The second-order valence-electron chi connectivity index (χ2n) is 7.96. The highest BCUT2D eigenvalue weighted by Crippen LogP contribution is 2.24. The van der Waals surface area contributed by atoms with Gasteiger partial charge in [-0.05, 0) is 54.8 Å². The Balaban J connectivity index is 1.54. The standard InChI is InChI=1S/C24H26ClN3O3/c1-27(2)20-11-5-17(6-12-20)15-28(16-21-4-3-13-30-21)24(29)22-14-23(31-26-22)18-7-9-19(25)10-8-18/h5-12,14,21H,3-4,13,15-16H2,1-2H3/t21-/m1/s1. The summed E-state index contributed by atoms with van der Waals surface area (Å²) in [6, 6.07) is 17.1. The van der Waals surface area contributed by atoms with E-state index in [1.165, 1.54) is 0 Å². The molecular weight excluding hydrogens is 414 g/mol. The molecule has 2 aromatic carbocycles. The number of hydrogen-bond acceptors (Lipinski definition) is 5. The number of rotatable bonds is 7. The van der Waals surface area contributed by atoms with E-state index in [0.717, 1.165) is 36.3 Å². The predicted octanol–water partition coefficient (Wildman–Crippen LogP) is 4.88. The first kappa shape index (κ1) is 21.4. The van der Waals surface area contributed by atoms with Crippen LogP contribution in [0.5, 0.6) is 0 Å². The molecule has 3 aromatic rings. The number of benzene rings is 2. The molecule has 31 heavy (non-hydrogen) atoms. The van der Waals surface area contributed by atoms with Crippen molar-refractivity contribution in [2.24, 2.45) is 0 Å². The Labute approximate surface area is 187 Å². The summed E-state index contributed by atoms with van der Waals surface area (Å²) in [6.45, 7) is 1.75. The second kappa shape index (κ2) is 9.54. The summed E-state index contributed by atoms with van der Waals surface area (Å²) in [6.07, 6.45) is 2.03. The molecular formula is C24H26ClN3O3.